The second-order valence-corrected chi connectivity index (χ2v) is 7.98. The van der Waals surface area contributed by atoms with Crippen LogP contribution in [0.2, 0.25) is 0 Å². The maximum absolute atomic E-state index is 15.8. The van der Waals surface area contributed by atoms with Crippen LogP contribution in [-0.2, 0) is 5.54 Å². The summed E-state index contributed by atoms with van der Waals surface area (Å²) < 4.78 is 35.5. The van der Waals surface area contributed by atoms with Gasteiger partial charge in [0, 0.05) is 17.7 Å². The van der Waals surface area contributed by atoms with Gasteiger partial charge in [0.15, 0.2) is 0 Å². The molecule has 0 spiro atoms. The van der Waals surface area contributed by atoms with Gasteiger partial charge in [0.2, 0.25) is 5.88 Å². The third kappa shape index (κ3) is 3.79. The average molecular weight is 428 g/mol. The number of aromatic nitrogens is 2. The van der Waals surface area contributed by atoms with Gasteiger partial charge in [0.05, 0.1) is 25.6 Å². The van der Waals surface area contributed by atoms with Gasteiger partial charge in [-0.15, -0.1) is 0 Å². The number of carbonyl (C=O) groups is 1. The largest absolute Gasteiger partial charge is 0.480 e. The van der Waals surface area contributed by atoms with Crippen molar-refractivity contribution >= 4 is 17.4 Å². The molecule has 0 fully saturated rings. The summed E-state index contributed by atoms with van der Waals surface area (Å²) in [7, 11) is 1.42. The summed E-state index contributed by atoms with van der Waals surface area (Å²) in [6, 6.07) is 5.73. The molecule has 10 heteroatoms. The van der Waals surface area contributed by atoms with E-state index in [1.54, 1.807) is 0 Å². The van der Waals surface area contributed by atoms with Crippen molar-refractivity contribution in [3.8, 4) is 11.9 Å². The molecule has 3 rings (SSSR count). The number of nitrogens with zero attached hydrogens (tertiary/aromatic N) is 4. The highest BCUT2D eigenvalue weighted by Crippen LogP contribution is 2.50. The fourth-order valence-electron chi connectivity index (χ4n) is 3.56. The Kier molecular flexibility index (Phi) is 5.40. The molecule has 0 saturated heterocycles. The van der Waals surface area contributed by atoms with Crippen molar-refractivity contribution < 1.29 is 18.3 Å². The molecule has 2 aromatic rings. The van der Waals surface area contributed by atoms with Crippen LogP contribution in [0.15, 0.2) is 35.6 Å². The number of halogens is 2. The number of rotatable bonds is 4. The number of hydrogen-bond donors (Lipinski definition) is 2. The molecule has 0 saturated carbocycles. The minimum Gasteiger partial charge on any atom is -0.480 e. The van der Waals surface area contributed by atoms with E-state index < -0.39 is 28.3 Å². The highest BCUT2D eigenvalue weighted by molar-refractivity contribution is 6.02. The maximum atomic E-state index is 15.8. The summed E-state index contributed by atoms with van der Waals surface area (Å²) in [5, 5.41) is 12.0. The molecule has 1 aromatic heterocycles. The Bertz CT molecular complexity index is 1100. The standard InChI is InChI=1S/C21H22F2N6O2/c1-19(11-24)10-20(2,23)21(3,29-18(19)25)13-7-12(5-6-14(13)22)28-17(30)15-8-27-16(31-4)9-26-15/h5-9H,10H2,1-4H3,(H2,25,29)(H,28,30)/t19-,20+,21-/m1/s1. The smallest absolute Gasteiger partial charge is 0.275 e. The molecule has 1 aliphatic heterocycles. The topological polar surface area (TPSA) is 126 Å². The molecule has 2 heterocycles. The number of ether oxygens (including phenoxy) is 1. The van der Waals surface area contributed by atoms with Crippen LogP contribution in [0.4, 0.5) is 14.5 Å². The maximum Gasteiger partial charge on any atom is 0.275 e. The number of amides is 1. The third-order valence-corrected chi connectivity index (χ3v) is 5.68. The molecule has 1 aliphatic rings. The van der Waals surface area contributed by atoms with E-state index in [0.29, 0.717) is 0 Å². The lowest BCUT2D eigenvalue weighted by Crippen LogP contribution is -2.55. The highest BCUT2D eigenvalue weighted by Gasteiger charge is 2.56. The highest BCUT2D eigenvalue weighted by atomic mass is 19.1. The van der Waals surface area contributed by atoms with Crippen molar-refractivity contribution in [2.75, 3.05) is 12.4 Å². The minimum atomic E-state index is -2.09. The number of benzene rings is 1. The average Bonchev–Trinajstić information content (AvgIpc) is 2.73. The molecule has 8 nitrogen and oxygen atoms in total. The summed E-state index contributed by atoms with van der Waals surface area (Å²) in [5.41, 5.74) is 0.981. The van der Waals surface area contributed by atoms with E-state index >= 15 is 4.39 Å². The van der Waals surface area contributed by atoms with E-state index in [1.165, 1.54) is 52.4 Å². The van der Waals surface area contributed by atoms with Crippen LogP contribution in [0, 0.1) is 22.6 Å². The molecule has 0 bridgehead atoms. The van der Waals surface area contributed by atoms with E-state index in [1.807, 2.05) is 6.07 Å². The van der Waals surface area contributed by atoms with E-state index in [4.69, 9.17) is 10.5 Å². The summed E-state index contributed by atoms with van der Waals surface area (Å²) in [6.45, 7) is 4.16. The van der Waals surface area contributed by atoms with Gasteiger partial charge in [0.1, 0.15) is 34.0 Å². The second kappa shape index (κ2) is 7.58. The first kappa shape index (κ1) is 22.1. The third-order valence-electron chi connectivity index (χ3n) is 5.68. The van der Waals surface area contributed by atoms with E-state index in [0.717, 1.165) is 6.07 Å². The van der Waals surface area contributed by atoms with Crippen molar-refractivity contribution in [3.63, 3.8) is 0 Å². The van der Waals surface area contributed by atoms with Crippen LogP contribution >= 0.6 is 0 Å². The molecule has 31 heavy (non-hydrogen) atoms. The Hall–Kier alpha value is -3.61. The zero-order valence-corrected chi connectivity index (χ0v) is 17.5. The summed E-state index contributed by atoms with van der Waals surface area (Å²) >= 11 is 0. The number of nitrogens with two attached hydrogens (primary N) is 1. The van der Waals surface area contributed by atoms with Gasteiger partial charge in [0.25, 0.3) is 5.91 Å². The number of nitriles is 1. The Balaban J connectivity index is 1.99. The van der Waals surface area contributed by atoms with Crippen LogP contribution in [0.3, 0.4) is 0 Å². The van der Waals surface area contributed by atoms with Gasteiger partial charge in [-0.3, -0.25) is 9.79 Å². The number of alkyl halides is 1. The Labute approximate surface area is 178 Å². The van der Waals surface area contributed by atoms with Gasteiger partial charge in [-0.2, -0.15) is 5.26 Å². The van der Waals surface area contributed by atoms with Gasteiger partial charge >= 0.3 is 0 Å². The first-order valence-corrected chi connectivity index (χ1v) is 9.39. The molecule has 0 radical (unpaired) electrons. The predicted molar refractivity (Wildman–Crippen MR) is 110 cm³/mol. The Morgan fingerprint density at radius 3 is 2.58 bits per heavy atom. The normalized spacial score (nSPS) is 27.7. The first-order chi connectivity index (χ1) is 14.5. The van der Waals surface area contributed by atoms with Crippen molar-refractivity contribution in [1.29, 1.82) is 5.26 Å². The van der Waals surface area contributed by atoms with E-state index in [-0.39, 0.29) is 35.1 Å². The number of anilines is 1. The molecule has 3 N–H and O–H groups in total. The summed E-state index contributed by atoms with van der Waals surface area (Å²) in [6.07, 6.45) is 2.25. The zero-order chi connectivity index (χ0) is 23.0. The Morgan fingerprint density at radius 1 is 1.29 bits per heavy atom. The van der Waals surface area contributed by atoms with Crippen molar-refractivity contribution in [2.24, 2.45) is 16.1 Å². The molecule has 3 atom stereocenters. The number of hydrogen-bond acceptors (Lipinski definition) is 7. The SMILES string of the molecule is COc1cnc(C(=O)Nc2ccc(F)c([C@@]3(C)N=C(N)[C@@](C)(C#N)C[C@]3(C)F)c2)cn1. The molecule has 1 amide bonds. The fourth-order valence-corrected chi connectivity index (χ4v) is 3.56. The minimum absolute atomic E-state index is 0.0120. The monoisotopic (exact) mass is 428 g/mol. The molecule has 1 aromatic carbocycles. The van der Waals surface area contributed by atoms with Crippen LogP contribution < -0.4 is 15.8 Å². The zero-order valence-electron chi connectivity index (χ0n) is 17.5. The van der Waals surface area contributed by atoms with Crippen molar-refractivity contribution in [2.45, 2.75) is 38.4 Å². The second-order valence-electron chi connectivity index (χ2n) is 7.98. The lowest BCUT2D eigenvalue weighted by atomic mass is 9.66. The first-order valence-electron chi connectivity index (χ1n) is 9.39. The van der Waals surface area contributed by atoms with Crippen molar-refractivity contribution in [3.05, 3.63) is 47.7 Å². The van der Waals surface area contributed by atoms with E-state index in [9.17, 15) is 14.4 Å². The van der Waals surface area contributed by atoms with Gasteiger partial charge in [-0.25, -0.2) is 18.7 Å². The number of amidine groups is 1. The summed E-state index contributed by atoms with van der Waals surface area (Å²) in [4.78, 5) is 24.5. The molecule has 0 aliphatic carbocycles. The number of carbonyl (C=O) groups excluding carboxylic acids is 1. The van der Waals surface area contributed by atoms with Gasteiger partial charge in [-0.05, 0) is 39.0 Å². The van der Waals surface area contributed by atoms with Crippen LogP contribution in [0.1, 0.15) is 43.2 Å². The van der Waals surface area contributed by atoms with Gasteiger partial charge in [-0.1, -0.05) is 0 Å². The fraction of sp³-hybridized carbons (Fsp3) is 0.381. The predicted octanol–water partition coefficient (Wildman–Crippen LogP) is 3.11. The Morgan fingerprint density at radius 2 is 2.00 bits per heavy atom. The quantitative estimate of drug-likeness (QED) is 0.771. The number of methoxy groups -OCH3 is 1. The lowest BCUT2D eigenvalue weighted by molar-refractivity contribution is 0.0433. The molecule has 162 valence electrons. The molecular formula is C21H22F2N6O2. The lowest BCUT2D eigenvalue weighted by Gasteiger charge is -2.46. The van der Waals surface area contributed by atoms with Crippen molar-refractivity contribution in [1.82, 2.24) is 9.97 Å². The van der Waals surface area contributed by atoms with Crippen LogP contribution in [0.5, 0.6) is 5.88 Å². The number of aliphatic imine (C=N–C) groups is 1. The van der Waals surface area contributed by atoms with Crippen LogP contribution in [-0.4, -0.2) is 34.5 Å². The molecular weight excluding hydrogens is 406 g/mol. The number of nitrogens with one attached hydrogen (secondary N) is 1. The summed E-state index contributed by atoms with van der Waals surface area (Å²) in [5.74, 6) is -1.14. The van der Waals surface area contributed by atoms with Crippen LogP contribution in [0.25, 0.3) is 0 Å². The van der Waals surface area contributed by atoms with Gasteiger partial charge < -0.3 is 15.8 Å². The van der Waals surface area contributed by atoms with E-state index in [2.05, 4.69) is 20.3 Å². The molecule has 0 unspecified atom stereocenters.